The van der Waals surface area contributed by atoms with Crippen LogP contribution in [0.3, 0.4) is 0 Å². The van der Waals surface area contributed by atoms with Crippen molar-refractivity contribution in [2.75, 3.05) is 17.3 Å². The second kappa shape index (κ2) is 5.59. The summed E-state index contributed by atoms with van der Waals surface area (Å²) in [6.07, 6.45) is 0. The van der Waals surface area contributed by atoms with E-state index >= 15 is 0 Å². The Morgan fingerprint density at radius 1 is 1.12 bits per heavy atom. The molecule has 1 amide bonds. The number of rotatable bonds is 1. The highest BCUT2D eigenvalue weighted by molar-refractivity contribution is 6.14. The highest BCUT2D eigenvalue weighted by atomic mass is 16.2. The lowest BCUT2D eigenvalue weighted by molar-refractivity contribution is -0.122. The number of para-hydroxylation sites is 1. The number of carbonyl (C=O) groups excluding carboxylic acids is 1. The molecule has 0 saturated carbocycles. The Bertz CT molecular complexity index is 980. The maximum absolute atomic E-state index is 13.0. The molecule has 0 saturated heterocycles. The van der Waals surface area contributed by atoms with E-state index in [9.17, 15) is 4.79 Å². The van der Waals surface area contributed by atoms with E-state index in [-0.39, 0.29) is 11.9 Å². The summed E-state index contributed by atoms with van der Waals surface area (Å²) < 4.78 is 0. The number of likely N-dealkylation sites (N-methyl/N-ethyl adjacent to an activating group) is 1. The van der Waals surface area contributed by atoms with Crippen LogP contribution in [0.25, 0.3) is 0 Å². The molecule has 2 aliphatic rings. The van der Waals surface area contributed by atoms with Gasteiger partial charge < -0.3 is 16.0 Å². The predicted molar refractivity (Wildman–Crippen MR) is 103 cm³/mol. The molecule has 0 radical (unpaired) electrons. The molecule has 1 unspecified atom stereocenters. The van der Waals surface area contributed by atoms with E-state index in [0.717, 1.165) is 22.5 Å². The molecule has 4 N–H and O–H groups in total. The molecule has 2 heterocycles. The van der Waals surface area contributed by atoms with Crippen molar-refractivity contribution in [3.63, 3.8) is 0 Å². The number of anilines is 2. The molecule has 0 bridgehead atoms. The van der Waals surface area contributed by atoms with Gasteiger partial charge in [-0.05, 0) is 43.2 Å². The lowest BCUT2D eigenvalue weighted by Gasteiger charge is -2.26. The average molecular weight is 348 g/mol. The zero-order chi connectivity index (χ0) is 18.5. The second-order valence-electron chi connectivity index (χ2n) is 6.56. The number of nitrogens with one attached hydrogen (secondary N) is 2. The lowest BCUT2D eigenvalue weighted by atomic mass is 10.0. The number of guanidine groups is 2. The lowest BCUT2D eigenvalue weighted by Crippen LogP contribution is -2.50. The van der Waals surface area contributed by atoms with Crippen molar-refractivity contribution < 1.29 is 4.79 Å². The van der Waals surface area contributed by atoms with Gasteiger partial charge in [-0.15, -0.1) is 0 Å². The fourth-order valence-corrected chi connectivity index (χ4v) is 3.29. The molecule has 132 valence electrons. The summed E-state index contributed by atoms with van der Waals surface area (Å²) in [5, 5.41) is 6.12. The van der Waals surface area contributed by atoms with Gasteiger partial charge in [0.05, 0.1) is 5.69 Å². The Balaban J connectivity index is 1.78. The fourth-order valence-electron chi connectivity index (χ4n) is 3.29. The van der Waals surface area contributed by atoms with E-state index in [0.29, 0.717) is 5.96 Å². The third-order valence-electron chi connectivity index (χ3n) is 4.82. The van der Waals surface area contributed by atoms with E-state index in [2.05, 4.69) is 27.5 Å². The first kappa shape index (κ1) is 16.1. The molecule has 0 aliphatic carbocycles. The Hall–Kier alpha value is -3.35. The fraction of sp³-hybridized carbons (Fsp3) is 0.211. The van der Waals surface area contributed by atoms with Gasteiger partial charge in [0.15, 0.2) is 5.96 Å². The summed E-state index contributed by atoms with van der Waals surface area (Å²) in [6.45, 7) is 4.10. The van der Waals surface area contributed by atoms with Crippen LogP contribution in [-0.2, 0) is 10.5 Å². The minimum absolute atomic E-state index is 0.143. The van der Waals surface area contributed by atoms with Crippen molar-refractivity contribution in [3.05, 3.63) is 59.2 Å². The average Bonchev–Trinajstić information content (AvgIpc) is 2.80. The minimum Gasteiger partial charge on any atom is -0.370 e. The Kier molecular flexibility index (Phi) is 3.47. The van der Waals surface area contributed by atoms with E-state index in [4.69, 9.17) is 5.73 Å². The first-order valence-electron chi connectivity index (χ1n) is 8.35. The maximum atomic E-state index is 13.0. The molecule has 2 aromatic carbocycles. The van der Waals surface area contributed by atoms with Gasteiger partial charge in [-0.3, -0.25) is 10.1 Å². The molecular formula is C19H20N6O. The number of hydrogen-bond donors (Lipinski definition) is 3. The molecule has 2 aromatic rings. The number of nitrogens with two attached hydrogens (primary N) is 1. The van der Waals surface area contributed by atoms with E-state index in [1.54, 1.807) is 11.9 Å². The standard InChI is InChI=1S/C19H20N6O/c1-11-8-9-13(10-12(11)2)21-18-22-17(20)23-19(24-18)14-6-4-5-7-15(14)25(3)16(19)26/h4-10H,1-3H3,(H4,20,21,22,23,24). The third-order valence-corrected chi connectivity index (χ3v) is 4.82. The molecule has 7 nitrogen and oxygen atoms in total. The van der Waals surface area contributed by atoms with Crippen molar-refractivity contribution >= 4 is 29.2 Å². The summed E-state index contributed by atoms with van der Waals surface area (Å²) >= 11 is 0. The van der Waals surface area contributed by atoms with Crippen LogP contribution in [0.1, 0.15) is 16.7 Å². The summed E-state index contributed by atoms with van der Waals surface area (Å²) in [5.41, 5.74) is 9.33. The Morgan fingerprint density at radius 3 is 2.65 bits per heavy atom. The zero-order valence-electron chi connectivity index (χ0n) is 14.9. The predicted octanol–water partition coefficient (Wildman–Crippen LogP) is 1.82. The Morgan fingerprint density at radius 2 is 1.88 bits per heavy atom. The number of aryl methyl sites for hydroxylation is 2. The van der Waals surface area contributed by atoms with Crippen LogP contribution in [0.15, 0.2) is 52.4 Å². The smallest absolute Gasteiger partial charge is 0.282 e. The van der Waals surface area contributed by atoms with Gasteiger partial charge in [0.2, 0.25) is 5.96 Å². The van der Waals surface area contributed by atoms with Crippen LogP contribution < -0.4 is 21.3 Å². The van der Waals surface area contributed by atoms with Gasteiger partial charge in [-0.2, -0.15) is 0 Å². The first-order chi connectivity index (χ1) is 12.4. The van der Waals surface area contributed by atoms with Gasteiger partial charge in [-0.25, -0.2) is 9.98 Å². The molecule has 26 heavy (non-hydrogen) atoms. The van der Waals surface area contributed by atoms with Crippen molar-refractivity contribution in [2.24, 2.45) is 15.7 Å². The molecule has 1 spiro atoms. The monoisotopic (exact) mass is 348 g/mol. The van der Waals surface area contributed by atoms with Gasteiger partial charge in [-0.1, -0.05) is 24.3 Å². The zero-order valence-corrected chi connectivity index (χ0v) is 14.9. The largest absolute Gasteiger partial charge is 0.370 e. The summed E-state index contributed by atoms with van der Waals surface area (Å²) in [7, 11) is 1.72. The van der Waals surface area contributed by atoms with Crippen molar-refractivity contribution in [1.82, 2.24) is 5.32 Å². The molecule has 4 rings (SSSR count). The SMILES string of the molecule is Cc1ccc(NC2=NC3(N=C(N)N2)C(=O)N(C)c2ccccc23)cc1C. The van der Waals surface area contributed by atoms with E-state index < -0.39 is 5.66 Å². The van der Waals surface area contributed by atoms with Crippen molar-refractivity contribution in [2.45, 2.75) is 19.5 Å². The number of benzene rings is 2. The number of carbonyl (C=O) groups is 1. The molecule has 1 atom stereocenters. The topological polar surface area (TPSA) is 95.1 Å². The molecule has 0 fully saturated rings. The van der Waals surface area contributed by atoms with Gasteiger partial charge in [0.25, 0.3) is 11.6 Å². The van der Waals surface area contributed by atoms with Crippen LogP contribution in [0.2, 0.25) is 0 Å². The highest BCUT2D eigenvalue weighted by Gasteiger charge is 2.52. The molecular weight excluding hydrogens is 328 g/mol. The molecule has 2 aliphatic heterocycles. The van der Waals surface area contributed by atoms with Gasteiger partial charge in [0, 0.05) is 18.3 Å². The van der Waals surface area contributed by atoms with Crippen LogP contribution in [0, 0.1) is 13.8 Å². The van der Waals surface area contributed by atoms with Crippen molar-refractivity contribution in [1.29, 1.82) is 0 Å². The first-order valence-corrected chi connectivity index (χ1v) is 8.35. The number of aliphatic imine (C=N–C) groups is 2. The highest BCUT2D eigenvalue weighted by Crippen LogP contribution is 2.43. The summed E-state index contributed by atoms with van der Waals surface area (Å²) in [6, 6.07) is 13.5. The Labute approximate surface area is 151 Å². The quantitative estimate of drug-likeness (QED) is 0.732. The number of amides is 1. The normalized spacial score (nSPS) is 21.2. The third kappa shape index (κ3) is 2.32. The second-order valence-corrected chi connectivity index (χ2v) is 6.56. The maximum Gasteiger partial charge on any atom is 0.282 e. The summed E-state index contributed by atoms with van der Waals surface area (Å²) in [5.74, 6) is 0.298. The molecule has 0 aromatic heterocycles. The molecule has 7 heteroatoms. The number of hydrogen-bond acceptors (Lipinski definition) is 6. The van der Waals surface area contributed by atoms with Gasteiger partial charge >= 0.3 is 0 Å². The van der Waals surface area contributed by atoms with Crippen LogP contribution >= 0.6 is 0 Å². The van der Waals surface area contributed by atoms with Crippen molar-refractivity contribution in [3.8, 4) is 0 Å². The van der Waals surface area contributed by atoms with Crippen LogP contribution in [-0.4, -0.2) is 24.9 Å². The number of nitrogens with zero attached hydrogens (tertiary/aromatic N) is 3. The number of fused-ring (bicyclic) bond motifs is 2. The van der Waals surface area contributed by atoms with Gasteiger partial charge in [0.1, 0.15) is 0 Å². The van der Waals surface area contributed by atoms with E-state index in [1.165, 1.54) is 5.56 Å². The van der Waals surface area contributed by atoms with E-state index in [1.807, 2.05) is 49.4 Å². The summed E-state index contributed by atoms with van der Waals surface area (Å²) in [4.78, 5) is 23.5. The minimum atomic E-state index is -1.39. The van der Waals surface area contributed by atoms with Crippen LogP contribution in [0.5, 0.6) is 0 Å². The van der Waals surface area contributed by atoms with Crippen LogP contribution in [0.4, 0.5) is 11.4 Å².